The molecule has 0 atom stereocenters. The first-order valence-corrected chi connectivity index (χ1v) is 7.71. The van der Waals surface area contributed by atoms with Crippen LogP contribution >= 0.6 is 22.9 Å². The molecule has 0 fully saturated rings. The maximum absolute atomic E-state index is 6.28. The molecule has 1 aromatic carbocycles. The van der Waals surface area contributed by atoms with Crippen LogP contribution in [0.3, 0.4) is 0 Å². The number of halogens is 1. The fraction of sp³-hybridized carbons (Fsp3) is 0.467. The van der Waals surface area contributed by atoms with E-state index in [1.165, 1.54) is 15.8 Å². The Hall–Kier alpha value is -0.610. The van der Waals surface area contributed by atoms with Gasteiger partial charge in [-0.15, -0.1) is 11.3 Å². The van der Waals surface area contributed by atoms with Crippen molar-refractivity contribution in [1.29, 1.82) is 0 Å². The second kappa shape index (κ2) is 6.71. The highest BCUT2D eigenvalue weighted by atomic mass is 35.5. The standard InChI is InChI=1S/C15H20ClNOS/c1-10(2)7-17-8-14-12(9-18-3)11-5-4-6-13(16)15(11)19-14/h4-6,10,17H,7-9H2,1-3H3. The van der Waals surface area contributed by atoms with Gasteiger partial charge in [-0.2, -0.15) is 0 Å². The summed E-state index contributed by atoms with van der Waals surface area (Å²) in [5, 5.41) is 5.54. The van der Waals surface area contributed by atoms with E-state index in [4.69, 9.17) is 16.3 Å². The van der Waals surface area contributed by atoms with Gasteiger partial charge in [-0.3, -0.25) is 0 Å². The lowest BCUT2D eigenvalue weighted by Gasteiger charge is -2.08. The van der Waals surface area contributed by atoms with E-state index in [9.17, 15) is 0 Å². The molecule has 0 radical (unpaired) electrons. The van der Waals surface area contributed by atoms with Crippen LogP contribution in [0.1, 0.15) is 24.3 Å². The first-order valence-electron chi connectivity index (χ1n) is 6.52. The van der Waals surface area contributed by atoms with Crippen LogP contribution in [0.4, 0.5) is 0 Å². The van der Waals surface area contributed by atoms with Crippen LogP contribution in [-0.2, 0) is 17.9 Å². The lowest BCUT2D eigenvalue weighted by atomic mass is 10.1. The van der Waals surface area contributed by atoms with Crippen LogP contribution < -0.4 is 5.32 Å². The molecule has 1 aromatic heterocycles. The van der Waals surface area contributed by atoms with Gasteiger partial charge >= 0.3 is 0 Å². The summed E-state index contributed by atoms with van der Waals surface area (Å²) in [6.07, 6.45) is 0. The summed E-state index contributed by atoms with van der Waals surface area (Å²) in [5.74, 6) is 0.656. The number of benzene rings is 1. The molecule has 1 N–H and O–H groups in total. The number of hydrogen-bond donors (Lipinski definition) is 1. The highest BCUT2D eigenvalue weighted by Crippen LogP contribution is 2.36. The molecular formula is C15H20ClNOS. The molecule has 0 bridgehead atoms. The zero-order chi connectivity index (χ0) is 13.8. The Morgan fingerprint density at radius 1 is 1.37 bits per heavy atom. The van der Waals surface area contributed by atoms with Crippen LogP contribution in [-0.4, -0.2) is 13.7 Å². The number of rotatable bonds is 6. The predicted octanol–water partition coefficient (Wildman–Crippen LogP) is 4.45. The van der Waals surface area contributed by atoms with Crippen molar-refractivity contribution in [3.63, 3.8) is 0 Å². The second-order valence-electron chi connectivity index (χ2n) is 5.08. The third kappa shape index (κ3) is 3.48. The first-order chi connectivity index (χ1) is 9.13. The number of methoxy groups -OCH3 is 1. The van der Waals surface area contributed by atoms with Gasteiger partial charge in [-0.1, -0.05) is 37.6 Å². The molecule has 0 aliphatic carbocycles. The Morgan fingerprint density at radius 2 is 2.16 bits per heavy atom. The summed E-state index contributed by atoms with van der Waals surface area (Å²) in [7, 11) is 1.74. The summed E-state index contributed by atoms with van der Waals surface area (Å²) >= 11 is 8.04. The van der Waals surface area contributed by atoms with E-state index < -0.39 is 0 Å². The summed E-state index contributed by atoms with van der Waals surface area (Å²) in [5.41, 5.74) is 1.27. The van der Waals surface area contributed by atoms with Gasteiger partial charge in [0.15, 0.2) is 0 Å². The van der Waals surface area contributed by atoms with Crippen molar-refractivity contribution in [2.75, 3.05) is 13.7 Å². The van der Waals surface area contributed by atoms with Crippen molar-refractivity contribution >= 4 is 33.0 Å². The predicted molar refractivity (Wildman–Crippen MR) is 84.1 cm³/mol. The summed E-state index contributed by atoms with van der Waals surface area (Å²) < 4.78 is 6.50. The molecule has 104 valence electrons. The highest BCUT2D eigenvalue weighted by molar-refractivity contribution is 7.20. The van der Waals surface area contributed by atoms with E-state index in [0.717, 1.165) is 22.8 Å². The van der Waals surface area contributed by atoms with Gasteiger partial charge in [0.2, 0.25) is 0 Å². The van der Waals surface area contributed by atoms with E-state index in [1.807, 2.05) is 12.1 Å². The number of hydrogen-bond acceptors (Lipinski definition) is 3. The highest BCUT2D eigenvalue weighted by Gasteiger charge is 2.13. The quantitative estimate of drug-likeness (QED) is 0.851. The van der Waals surface area contributed by atoms with E-state index in [2.05, 4.69) is 25.2 Å². The molecule has 2 nitrogen and oxygen atoms in total. The second-order valence-corrected chi connectivity index (χ2v) is 6.59. The normalized spacial score (nSPS) is 11.6. The monoisotopic (exact) mass is 297 g/mol. The molecular weight excluding hydrogens is 278 g/mol. The topological polar surface area (TPSA) is 21.3 Å². The fourth-order valence-corrected chi connectivity index (χ4v) is 3.57. The number of fused-ring (bicyclic) bond motifs is 1. The average Bonchev–Trinajstić information content (AvgIpc) is 2.70. The molecule has 0 saturated heterocycles. The summed E-state index contributed by atoms with van der Waals surface area (Å²) in [4.78, 5) is 1.32. The Bertz CT molecular complexity index is 550. The first kappa shape index (κ1) is 14.8. The van der Waals surface area contributed by atoms with Crippen molar-refractivity contribution in [2.24, 2.45) is 5.92 Å². The molecule has 2 aromatic rings. The van der Waals surface area contributed by atoms with Crippen LogP contribution in [0.5, 0.6) is 0 Å². The molecule has 19 heavy (non-hydrogen) atoms. The average molecular weight is 298 g/mol. The molecule has 2 rings (SSSR count). The van der Waals surface area contributed by atoms with Crippen molar-refractivity contribution in [2.45, 2.75) is 27.0 Å². The van der Waals surface area contributed by atoms with Crippen LogP contribution in [0.15, 0.2) is 18.2 Å². The Morgan fingerprint density at radius 3 is 2.84 bits per heavy atom. The Balaban J connectivity index is 2.30. The van der Waals surface area contributed by atoms with Gasteiger partial charge in [0.25, 0.3) is 0 Å². The molecule has 0 aliphatic heterocycles. The molecule has 0 spiro atoms. The Kier molecular flexibility index (Phi) is 5.22. The van der Waals surface area contributed by atoms with Gasteiger partial charge in [0, 0.05) is 24.1 Å². The maximum Gasteiger partial charge on any atom is 0.0730 e. The number of ether oxygens (including phenoxy) is 1. The smallest absolute Gasteiger partial charge is 0.0730 e. The summed E-state index contributed by atoms with van der Waals surface area (Å²) in [6.45, 7) is 6.97. The largest absolute Gasteiger partial charge is 0.380 e. The zero-order valence-corrected chi connectivity index (χ0v) is 13.2. The lowest BCUT2D eigenvalue weighted by molar-refractivity contribution is 0.185. The fourth-order valence-electron chi connectivity index (χ4n) is 2.10. The van der Waals surface area contributed by atoms with Gasteiger partial charge in [0.1, 0.15) is 0 Å². The van der Waals surface area contributed by atoms with Crippen LogP contribution in [0.2, 0.25) is 5.02 Å². The van der Waals surface area contributed by atoms with Gasteiger partial charge in [0.05, 0.1) is 16.3 Å². The van der Waals surface area contributed by atoms with E-state index >= 15 is 0 Å². The van der Waals surface area contributed by atoms with Crippen molar-refractivity contribution < 1.29 is 4.74 Å². The Labute approximate surface area is 123 Å². The van der Waals surface area contributed by atoms with Crippen LogP contribution in [0.25, 0.3) is 10.1 Å². The van der Waals surface area contributed by atoms with Gasteiger partial charge in [-0.25, -0.2) is 0 Å². The number of nitrogens with one attached hydrogen (secondary N) is 1. The van der Waals surface area contributed by atoms with Crippen molar-refractivity contribution in [1.82, 2.24) is 5.32 Å². The molecule has 4 heteroatoms. The maximum atomic E-state index is 6.28. The minimum atomic E-state index is 0.638. The SMILES string of the molecule is COCc1c(CNCC(C)C)sc2c(Cl)cccc12. The van der Waals surface area contributed by atoms with E-state index in [0.29, 0.717) is 12.5 Å². The number of thiophene rings is 1. The molecule has 0 saturated carbocycles. The molecule has 1 heterocycles. The lowest BCUT2D eigenvalue weighted by Crippen LogP contribution is -2.19. The molecule has 0 amide bonds. The van der Waals surface area contributed by atoms with Gasteiger partial charge < -0.3 is 10.1 Å². The van der Waals surface area contributed by atoms with E-state index in [-0.39, 0.29) is 0 Å². The van der Waals surface area contributed by atoms with E-state index in [1.54, 1.807) is 18.4 Å². The molecule has 0 aliphatic rings. The molecule has 0 unspecified atom stereocenters. The van der Waals surface area contributed by atoms with Crippen LogP contribution in [0, 0.1) is 5.92 Å². The van der Waals surface area contributed by atoms with Crippen molar-refractivity contribution in [3.8, 4) is 0 Å². The minimum Gasteiger partial charge on any atom is -0.380 e. The van der Waals surface area contributed by atoms with Crippen molar-refractivity contribution in [3.05, 3.63) is 33.7 Å². The third-order valence-electron chi connectivity index (χ3n) is 2.98. The summed E-state index contributed by atoms with van der Waals surface area (Å²) in [6, 6.07) is 6.07. The van der Waals surface area contributed by atoms with Gasteiger partial charge in [-0.05, 0) is 23.9 Å². The third-order valence-corrected chi connectivity index (χ3v) is 4.69. The zero-order valence-electron chi connectivity index (χ0n) is 11.6. The minimum absolute atomic E-state index is 0.638.